The molecule has 0 saturated carbocycles. The van der Waals surface area contributed by atoms with E-state index in [1.165, 1.54) is 12.1 Å². The fraction of sp³-hybridized carbons (Fsp3) is 0.0345. The lowest BCUT2D eigenvalue weighted by Crippen LogP contribution is -2.07. The second-order valence-corrected chi connectivity index (χ2v) is 8.23. The zero-order valence-corrected chi connectivity index (χ0v) is 18.7. The summed E-state index contributed by atoms with van der Waals surface area (Å²) in [7, 11) is 0. The predicted molar refractivity (Wildman–Crippen MR) is 133 cm³/mol. The maximum Gasteiger partial charge on any atom is 0.417 e. The van der Waals surface area contributed by atoms with E-state index in [-0.39, 0.29) is 17.0 Å². The molecule has 0 amide bonds. The summed E-state index contributed by atoms with van der Waals surface area (Å²) < 4.78 is 53.1. The van der Waals surface area contributed by atoms with E-state index >= 15 is 0 Å². The predicted octanol–water partition coefficient (Wildman–Crippen LogP) is 8.49. The minimum absolute atomic E-state index is 0.0467. The van der Waals surface area contributed by atoms with Crippen LogP contribution in [0.15, 0.2) is 99.8 Å². The van der Waals surface area contributed by atoms with Gasteiger partial charge in [-0.1, -0.05) is 54.6 Å². The Hall–Kier alpha value is -4.65. The van der Waals surface area contributed by atoms with Crippen LogP contribution >= 0.6 is 0 Å². The van der Waals surface area contributed by atoms with E-state index in [1.54, 1.807) is 48.5 Å². The topological polar surface area (TPSA) is 52.1 Å². The van der Waals surface area contributed by atoms with Crippen molar-refractivity contribution in [3.8, 4) is 22.9 Å². The molecule has 0 bridgehead atoms. The number of nitrogens with zero attached hydrogens (tertiary/aromatic N) is 2. The highest BCUT2D eigenvalue weighted by Gasteiger charge is 2.33. The van der Waals surface area contributed by atoms with Crippen LogP contribution in [0, 0.1) is 0 Å². The van der Waals surface area contributed by atoms with Gasteiger partial charge in [0.25, 0.3) is 0 Å². The lowest BCUT2D eigenvalue weighted by Gasteiger charge is -2.11. The normalized spacial score (nSPS) is 12.2. The maximum atomic E-state index is 13.9. The SMILES string of the molecule is FC(F)(F)c1cc(-c2nc3ccccc3o2)ccc1C=Cc1ccc(-c2nc3ccccc3o2)cc1. The van der Waals surface area contributed by atoms with E-state index in [4.69, 9.17) is 8.83 Å². The molecular weight excluding hydrogens is 465 g/mol. The first-order valence-electron chi connectivity index (χ1n) is 11.2. The molecular formula is C29H17F3N2O2. The van der Waals surface area contributed by atoms with Gasteiger partial charge in [-0.05, 0) is 59.7 Å². The molecule has 0 aliphatic heterocycles. The molecule has 2 heterocycles. The van der Waals surface area contributed by atoms with Gasteiger partial charge in [0.15, 0.2) is 11.2 Å². The Balaban J connectivity index is 1.29. The van der Waals surface area contributed by atoms with Crippen LogP contribution in [0.4, 0.5) is 13.2 Å². The highest BCUT2D eigenvalue weighted by atomic mass is 19.4. The Kier molecular flexibility index (Phi) is 5.18. The van der Waals surface area contributed by atoms with Gasteiger partial charge in [-0.2, -0.15) is 13.2 Å². The van der Waals surface area contributed by atoms with Crippen molar-refractivity contribution >= 4 is 34.4 Å². The fourth-order valence-electron chi connectivity index (χ4n) is 3.99. The Morgan fingerprint density at radius 1 is 0.611 bits per heavy atom. The van der Waals surface area contributed by atoms with Gasteiger partial charge in [-0.15, -0.1) is 0 Å². The van der Waals surface area contributed by atoms with Gasteiger partial charge in [-0.25, -0.2) is 9.97 Å². The average molecular weight is 482 g/mol. The molecule has 176 valence electrons. The molecule has 2 aromatic heterocycles. The summed E-state index contributed by atoms with van der Waals surface area (Å²) in [5.74, 6) is 0.632. The number of alkyl halides is 3. The number of halogens is 3. The van der Waals surface area contributed by atoms with Crippen molar-refractivity contribution in [1.82, 2.24) is 9.97 Å². The van der Waals surface area contributed by atoms with Gasteiger partial charge < -0.3 is 8.83 Å². The molecule has 0 fully saturated rings. The van der Waals surface area contributed by atoms with Crippen LogP contribution in [0.5, 0.6) is 0 Å². The third kappa shape index (κ3) is 4.15. The van der Waals surface area contributed by atoms with E-state index in [2.05, 4.69) is 9.97 Å². The molecule has 0 N–H and O–H groups in total. The molecule has 7 heteroatoms. The summed E-state index contributed by atoms with van der Waals surface area (Å²) in [6, 6.07) is 25.9. The van der Waals surface area contributed by atoms with E-state index in [1.807, 2.05) is 36.4 Å². The largest absolute Gasteiger partial charge is 0.436 e. The van der Waals surface area contributed by atoms with Crippen LogP contribution in [0.3, 0.4) is 0 Å². The van der Waals surface area contributed by atoms with E-state index in [9.17, 15) is 13.2 Å². The minimum Gasteiger partial charge on any atom is -0.436 e. The van der Waals surface area contributed by atoms with Gasteiger partial charge in [0.05, 0.1) is 5.56 Å². The van der Waals surface area contributed by atoms with Crippen molar-refractivity contribution in [3.05, 3.63) is 108 Å². The number of para-hydroxylation sites is 4. The molecule has 0 spiro atoms. The van der Waals surface area contributed by atoms with Crippen molar-refractivity contribution in [2.75, 3.05) is 0 Å². The summed E-state index contributed by atoms with van der Waals surface area (Å²) in [5, 5.41) is 0. The lowest BCUT2D eigenvalue weighted by atomic mass is 10.0. The Morgan fingerprint density at radius 2 is 1.17 bits per heavy atom. The molecule has 0 radical (unpaired) electrons. The van der Waals surface area contributed by atoms with E-state index in [0.717, 1.165) is 22.7 Å². The zero-order valence-electron chi connectivity index (χ0n) is 18.7. The van der Waals surface area contributed by atoms with Crippen LogP contribution in [0.2, 0.25) is 0 Å². The van der Waals surface area contributed by atoms with Gasteiger partial charge >= 0.3 is 6.18 Å². The van der Waals surface area contributed by atoms with E-state index < -0.39 is 11.7 Å². The van der Waals surface area contributed by atoms with E-state index in [0.29, 0.717) is 22.6 Å². The highest BCUT2D eigenvalue weighted by Crippen LogP contribution is 2.36. The molecule has 4 nitrogen and oxygen atoms in total. The third-order valence-corrected chi connectivity index (χ3v) is 5.81. The van der Waals surface area contributed by atoms with Crippen molar-refractivity contribution in [3.63, 3.8) is 0 Å². The van der Waals surface area contributed by atoms with Crippen LogP contribution < -0.4 is 0 Å². The molecule has 4 aromatic carbocycles. The van der Waals surface area contributed by atoms with Crippen LogP contribution in [0.1, 0.15) is 16.7 Å². The summed E-state index contributed by atoms with van der Waals surface area (Å²) in [6.07, 6.45) is -1.45. The second-order valence-electron chi connectivity index (χ2n) is 8.23. The number of fused-ring (bicyclic) bond motifs is 2. The summed E-state index contributed by atoms with van der Waals surface area (Å²) in [5.41, 5.74) is 3.63. The number of aromatic nitrogens is 2. The monoisotopic (exact) mass is 482 g/mol. The van der Waals surface area contributed by atoms with Gasteiger partial charge in [0, 0.05) is 11.1 Å². The molecule has 6 aromatic rings. The molecule has 0 unspecified atom stereocenters. The first-order chi connectivity index (χ1) is 17.4. The number of hydrogen-bond donors (Lipinski definition) is 0. The third-order valence-electron chi connectivity index (χ3n) is 5.81. The van der Waals surface area contributed by atoms with Crippen LogP contribution in [-0.2, 0) is 6.18 Å². The molecule has 0 atom stereocenters. The van der Waals surface area contributed by atoms with Crippen LogP contribution in [0.25, 0.3) is 57.3 Å². The first-order valence-corrected chi connectivity index (χ1v) is 11.2. The van der Waals surface area contributed by atoms with Crippen LogP contribution in [-0.4, -0.2) is 9.97 Å². The standard InChI is InChI=1S/C29H17F3N2O2/c30-29(31,32)22-17-21(28-34-24-6-2-4-8-26(24)36-28)16-15-19(22)12-9-18-10-13-20(14-11-18)27-33-23-5-1-3-7-25(23)35-27/h1-17H. The highest BCUT2D eigenvalue weighted by molar-refractivity contribution is 5.79. The fourth-order valence-corrected chi connectivity index (χ4v) is 3.99. The molecule has 6 rings (SSSR count). The summed E-state index contributed by atoms with van der Waals surface area (Å²) in [4.78, 5) is 8.78. The smallest absolute Gasteiger partial charge is 0.417 e. The van der Waals surface area contributed by atoms with Gasteiger partial charge in [0.1, 0.15) is 11.0 Å². The van der Waals surface area contributed by atoms with Gasteiger partial charge in [0.2, 0.25) is 11.8 Å². The molecule has 0 aliphatic carbocycles. The summed E-state index contributed by atoms with van der Waals surface area (Å²) in [6.45, 7) is 0. The Morgan fingerprint density at radius 3 is 1.75 bits per heavy atom. The zero-order chi connectivity index (χ0) is 24.7. The number of oxazole rings is 2. The number of hydrogen-bond acceptors (Lipinski definition) is 4. The molecule has 0 aliphatic rings. The minimum atomic E-state index is -4.54. The first kappa shape index (κ1) is 21.9. The van der Waals surface area contributed by atoms with Crippen molar-refractivity contribution in [2.45, 2.75) is 6.18 Å². The average Bonchev–Trinajstić information content (AvgIpc) is 3.52. The lowest BCUT2D eigenvalue weighted by molar-refractivity contribution is -0.137. The quantitative estimate of drug-likeness (QED) is 0.236. The van der Waals surface area contributed by atoms with Gasteiger partial charge in [-0.3, -0.25) is 0 Å². The van der Waals surface area contributed by atoms with Crippen molar-refractivity contribution < 1.29 is 22.0 Å². The Labute approximate surface area is 203 Å². The number of rotatable bonds is 4. The van der Waals surface area contributed by atoms with Crippen molar-refractivity contribution in [2.24, 2.45) is 0 Å². The summed E-state index contributed by atoms with van der Waals surface area (Å²) >= 11 is 0. The molecule has 0 saturated heterocycles. The van der Waals surface area contributed by atoms with Crippen molar-refractivity contribution in [1.29, 1.82) is 0 Å². The Bertz CT molecular complexity index is 1660. The maximum absolute atomic E-state index is 13.9. The molecule has 36 heavy (non-hydrogen) atoms. The second kappa shape index (κ2) is 8.53. The number of benzene rings is 4.